The van der Waals surface area contributed by atoms with Gasteiger partial charge in [0, 0.05) is 38.2 Å². The van der Waals surface area contributed by atoms with Crippen molar-refractivity contribution in [3.63, 3.8) is 0 Å². The second-order valence-electron chi connectivity index (χ2n) is 9.80. The van der Waals surface area contributed by atoms with Crippen molar-refractivity contribution in [3.05, 3.63) is 82.3 Å². The van der Waals surface area contributed by atoms with Crippen LogP contribution in [-0.2, 0) is 16.5 Å². The molecular weight excluding hydrogens is 484 g/mol. The van der Waals surface area contributed by atoms with Gasteiger partial charge >= 0.3 is 0 Å². The van der Waals surface area contributed by atoms with Gasteiger partial charge < -0.3 is 25.2 Å². The molecule has 0 saturated carbocycles. The number of anilines is 3. The van der Waals surface area contributed by atoms with Crippen LogP contribution < -0.4 is 16.2 Å². The summed E-state index contributed by atoms with van der Waals surface area (Å²) in [4.78, 5) is 21.7. The maximum absolute atomic E-state index is 12.1. The number of nitrogens with one attached hydrogen (secondary N) is 3. The first-order valence-corrected chi connectivity index (χ1v) is 12.7. The summed E-state index contributed by atoms with van der Waals surface area (Å²) in [5, 5.41) is 20.4. The average Bonchev–Trinajstić information content (AvgIpc) is 3.47. The number of nitrogens with zero attached hydrogens (tertiary/aromatic N) is 3. The number of ether oxygens (including phenoxy) is 2. The SMILES string of the molecule is Cn1[nH]c(=O)c2ccc(Nc3cc(N[C@H](CO)c4ccccc4)c(C4=NC5(CCOCC5)CO4)cn3)cc21. The van der Waals surface area contributed by atoms with Crippen LogP contribution in [-0.4, -0.2) is 57.7 Å². The third-order valence-corrected chi connectivity index (χ3v) is 7.23. The van der Waals surface area contributed by atoms with E-state index >= 15 is 0 Å². The lowest BCUT2D eigenvalue weighted by atomic mass is 9.92. The van der Waals surface area contributed by atoms with Crippen molar-refractivity contribution in [3.8, 4) is 0 Å². The highest BCUT2D eigenvalue weighted by molar-refractivity contribution is 6.01. The van der Waals surface area contributed by atoms with Crippen molar-refractivity contribution in [2.24, 2.45) is 12.0 Å². The number of rotatable bonds is 7. The molecule has 1 saturated heterocycles. The number of fused-ring (bicyclic) bond motifs is 1. The fourth-order valence-electron chi connectivity index (χ4n) is 5.05. The van der Waals surface area contributed by atoms with E-state index in [-0.39, 0.29) is 23.7 Å². The molecule has 4 aromatic rings. The fourth-order valence-corrected chi connectivity index (χ4v) is 5.05. The van der Waals surface area contributed by atoms with Crippen LogP contribution in [0.5, 0.6) is 0 Å². The average molecular weight is 515 g/mol. The van der Waals surface area contributed by atoms with Gasteiger partial charge in [-0.2, -0.15) is 0 Å². The Kier molecular flexibility index (Phi) is 6.34. The number of pyridine rings is 1. The molecule has 2 aromatic carbocycles. The van der Waals surface area contributed by atoms with Gasteiger partial charge in [-0.05, 0) is 36.6 Å². The minimum atomic E-state index is -0.338. The Morgan fingerprint density at radius 1 is 1.16 bits per heavy atom. The molecule has 2 aliphatic rings. The van der Waals surface area contributed by atoms with Crippen molar-refractivity contribution in [1.82, 2.24) is 14.8 Å². The Balaban J connectivity index is 1.36. The van der Waals surface area contributed by atoms with Crippen LogP contribution in [0, 0.1) is 0 Å². The molecule has 10 nitrogen and oxygen atoms in total. The highest BCUT2D eigenvalue weighted by atomic mass is 16.5. The summed E-state index contributed by atoms with van der Waals surface area (Å²) in [7, 11) is 1.80. The second-order valence-corrected chi connectivity index (χ2v) is 9.80. The van der Waals surface area contributed by atoms with Crippen LogP contribution in [0.25, 0.3) is 10.9 Å². The van der Waals surface area contributed by atoms with E-state index in [2.05, 4.69) is 20.7 Å². The molecule has 2 aliphatic heterocycles. The predicted octanol–water partition coefficient (Wildman–Crippen LogP) is 3.48. The highest BCUT2D eigenvalue weighted by Gasteiger charge is 2.39. The van der Waals surface area contributed by atoms with Crippen LogP contribution >= 0.6 is 0 Å². The van der Waals surface area contributed by atoms with Gasteiger partial charge in [-0.3, -0.25) is 14.6 Å². The monoisotopic (exact) mass is 514 g/mol. The Hall–Kier alpha value is -4.15. The Labute approximate surface area is 219 Å². The van der Waals surface area contributed by atoms with E-state index in [1.54, 1.807) is 24.0 Å². The maximum atomic E-state index is 12.1. The first-order chi connectivity index (χ1) is 18.5. The van der Waals surface area contributed by atoms with Crippen molar-refractivity contribution in [2.45, 2.75) is 24.4 Å². The van der Waals surface area contributed by atoms with E-state index in [4.69, 9.17) is 14.5 Å². The van der Waals surface area contributed by atoms with Crippen molar-refractivity contribution in [2.75, 3.05) is 37.1 Å². The van der Waals surface area contributed by atoms with E-state index in [0.717, 1.165) is 40.9 Å². The van der Waals surface area contributed by atoms with E-state index in [0.29, 0.717) is 36.9 Å². The third kappa shape index (κ3) is 4.64. The van der Waals surface area contributed by atoms with Gasteiger partial charge in [0.05, 0.1) is 34.8 Å². The van der Waals surface area contributed by atoms with Gasteiger partial charge in [-0.15, -0.1) is 0 Å². The number of aromatic nitrogens is 3. The van der Waals surface area contributed by atoms with Gasteiger partial charge in [-0.25, -0.2) is 9.98 Å². The minimum absolute atomic E-state index is 0.0959. The van der Waals surface area contributed by atoms with Crippen molar-refractivity contribution >= 4 is 34.0 Å². The molecule has 0 radical (unpaired) electrons. The normalized spacial score (nSPS) is 17.3. The summed E-state index contributed by atoms with van der Waals surface area (Å²) in [6.45, 7) is 1.76. The summed E-state index contributed by atoms with van der Waals surface area (Å²) in [5.74, 6) is 1.14. The molecule has 4 N–H and O–H groups in total. The molecular formula is C28H30N6O4. The number of aromatic amines is 1. The van der Waals surface area contributed by atoms with Crippen LogP contribution in [0.3, 0.4) is 0 Å². The molecule has 6 rings (SSSR count). The Bertz CT molecular complexity index is 1540. The number of benzene rings is 2. The van der Waals surface area contributed by atoms with Gasteiger partial charge in [0.25, 0.3) is 5.56 Å². The van der Waals surface area contributed by atoms with Crippen LogP contribution in [0.1, 0.15) is 30.0 Å². The molecule has 1 fully saturated rings. The zero-order valence-corrected chi connectivity index (χ0v) is 21.1. The zero-order chi connectivity index (χ0) is 26.1. The number of aliphatic imine (C=N–C) groups is 1. The molecule has 0 aliphatic carbocycles. The van der Waals surface area contributed by atoms with Crippen LogP contribution in [0.4, 0.5) is 17.2 Å². The molecule has 196 valence electrons. The zero-order valence-electron chi connectivity index (χ0n) is 21.1. The first kappa shape index (κ1) is 24.2. The molecule has 0 amide bonds. The van der Waals surface area contributed by atoms with Gasteiger partial charge in [0.15, 0.2) is 0 Å². The molecule has 38 heavy (non-hydrogen) atoms. The lowest BCUT2D eigenvalue weighted by Gasteiger charge is -2.28. The number of aliphatic hydroxyl groups is 1. The quantitative estimate of drug-likeness (QED) is 0.298. The first-order valence-electron chi connectivity index (χ1n) is 12.7. The van der Waals surface area contributed by atoms with Crippen molar-refractivity contribution in [1.29, 1.82) is 0 Å². The van der Waals surface area contributed by atoms with Crippen LogP contribution in [0.15, 0.2) is 70.6 Å². The molecule has 0 unspecified atom stereocenters. The number of aliphatic hydroxyl groups excluding tert-OH is 1. The lowest BCUT2D eigenvalue weighted by Crippen LogP contribution is -2.35. The molecule has 4 heterocycles. The summed E-state index contributed by atoms with van der Waals surface area (Å²) in [6, 6.07) is 16.9. The standard InChI is InChI=1S/C28H30N6O4/c1-34-24-13-19(7-8-20(24)26(36)33-34)30-25-14-22(31-23(16-35)18-5-3-2-4-6-18)21(15-29-25)27-32-28(17-38-27)9-11-37-12-10-28/h2-8,13-15,23,35H,9-12,16-17H2,1H3,(H,33,36)(H2,29,30,31)/t23-/m1/s1. The van der Waals surface area contributed by atoms with Gasteiger partial charge in [0.2, 0.25) is 5.90 Å². The molecule has 1 spiro atoms. The summed E-state index contributed by atoms with van der Waals surface area (Å²) in [6.07, 6.45) is 3.38. The summed E-state index contributed by atoms with van der Waals surface area (Å²) < 4.78 is 13.3. The Morgan fingerprint density at radius 3 is 2.76 bits per heavy atom. The predicted molar refractivity (Wildman–Crippen MR) is 146 cm³/mol. The maximum Gasteiger partial charge on any atom is 0.271 e. The smallest absolute Gasteiger partial charge is 0.271 e. The summed E-state index contributed by atoms with van der Waals surface area (Å²) in [5.41, 5.74) is 3.62. The van der Waals surface area contributed by atoms with Gasteiger partial charge in [0.1, 0.15) is 18.0 Å². The van der Waals surface area contributed by atoms with E-state index < -0.39 is 0 Å². The highest BCUT2D eigenvalue weighted by Crippen LogP contribution is 2.34. The summed E-state index contributed by atoms with van der Waals surface area (Å²) >= 11 is 0. The van der Waals surface area contributed by atoms with E-state index in [9.17, 15) is 9.90 Å². The van der Waals surface area contributed by atoms with Crippen LogP contribution in [0.2, 0.25) is 0 Å². The third-order valence-electron chi connectivity index (χ3n) is 7.23. The van der Waals surface area contributed by atoms with Crippen molar-refractivity contribution < 1.29 is 14.6 Å². The lowest BCUT2D eigenvalue weighted by molar-refractivity contribution is 0.0442. The van der Waals surface area contributed by atoms with E-state index in [1.165, 1.54) is 0 Å². The molecule has 0 bridgehead atoms. The second kappa shape index (κ2) is 9.96. The number of H-pyrrole nitrogens is 1. The number of hydrogen-bond acceptors (Lipinski definition) is 8. The number of aryl methyl sites for hydroxylation is 1. The topological polar surface area (TPSA) is 126 Å². The molecule has 10 heteroatoms. The largest absolute Gasteiger partial charge is 0.475 e. The minimum Gasteiger partial charge on any atom is -0.475 e. The number of hydrogen-bond donors (Lipinski definition) is 4. The molecule has 2 aromatic heterocycles. The van der Waals surface area contributed by atoms with E-state index in [1.807, 2.05) is 48.5 Å². The Morgan fingerprint density at radius 2 is 1.97 bits per heavy atom. The fraction of sp³-hybridized carbons (Fsp3) is 0.321. The molecule has 1 atom stereocenters. The van der Waals surface area contributed by atoms with Gasteiger partial charge in [-0.1, -0.05) is 30.3 Å².